The zero-order valence-corrected chi connectivity index (χ0v) is 13.4. The SMILES string of the molecule is CC(C)(C)c1cccc(S(=O)(=O)OC2CCCCC2)c1. The van der Waals surface area contributed by atoms with Crippen LogP contribution in [0.3, 0.4) is 0 Å². The highest BCUT2D eigenvalue weighted by atomic mass is 32.2. The molecule has 1 saturated carbocycles. The summed E-state index contributed by atoms with van der Waals surface area (Å²) in [6.45, 7) is 6.21. The Labute approximate surface area is 122 Å². The van der Waals surface area contributed by atoms with Crippen LogP contribution in [0.1, 0.15) is 58.4 Å². The standard InChI is InChI=1S/C16H24O3S/c1-16(2,3)13-8-7-11-15(12-13)20(17,18)19-14-9-5-4-6-10-14/h7-8,11-12,14H,4-6,9-10H2,1-3H3. The first-order valence-corrected chi connectivity index (χ1v) is 8.74. The van der Waals surface area contributed by atoms with E-state index in [0.29, 0.717) is 0 Å². The van der Waals surface area contributed by atoms with E-state index in [1.807, 2.05) is 6.07 Å². The van der Waals surface area contributed by atoms with Crippen LogP contribution in [0, 0.1) is 0 Å². The molecule has 112 valence electrons. The highest BCUT2D eigenvalue weighted by Crippen LogP contribution is 2.28. The molecule has 1 aliphatic rings. The smallest absolute Gasteiger partial charge is 0.263 e. The fourth-order valence-electron chi connectivity index (χ4n) is 2.51. The molecular formula is C16H24O3S. The van der Waals surface area contributed by atoms with Crippen molar-refractivity contribution in [2.45, 2.75) is 69.3 Å². The maximum Gasteiger partial charge on any atom is 0.297 e. The lowest BCUT2D eigenvalue weighted by Gasteiger charge is -2.22. The maximum atomic E-state index is 12.4. The number of benzene rings is 1. The first kappa shape index (κ1) is 15.5. The van der Waals surface area contributed by atoms with Crippen molar-refractivity contribution in [1.29, 1.82) is 0 Å². The third-order valence-corrected chi connectivity index (χ3v) is 5.16. The minimum absolute atomic E-state index is 0.0730. The average molecular weight is 296 g/mol. The molecule has 0 aliphatic heterocycles. The molecule has 20 heavy (non-hydrogen) atoms. The molecule has 2 rings (SSSR count). The Balaban J connectivity index is 2.20. The molecule has 0 bridgehead atoms. The van der Waals surface area contributed by atoms with Crippen molar-refractivity contribution >= 4 is 10.1 Å². The van der Waals surface area contributed by atoms with Crippen LogP contribution in [0.25, 0.3) is 0 Å². The van der Waals surface area contributed by atoms with Crippen molar-refractivity contribution in [3.8, 4) is 0 Å². The molecule has 1 fully saturated rings. The van der Waals surface area contributed by atoms with Crippen LogP contribution in [-0.2, 0) is 19.7 Å². The lowest BCUT2D eigenvalue weighted by atomic mass is 9.87. The van der Waals surface area contributed by atoms with Crippen molar-refractivity contribution in [2.75, 3.05) is 0 Å². The van der Waals surface area contributed by atoms with Gasteiger partial charge in [-0.15, -0.1) is 0 Å². The molecule has 0 atom stereocenters. The van der Waals surface area contributed by atoms with E-state index in [2.05, 4.69) is 20.8 Å². The molecule has 0 aromatic heterocycles. The summed E-state index contributed by atoms with van der Waals surface area (Å²) in [6.07, 6.45) is 4.84. The second kappa shape index (κ2) is 5.86. The molecule has 0 saturated heterocycles. The molecular weight excluding hydrogens is 272 g/mol. The third kappa shape index (κ3) is 3.83. The molecule has 1 aliphatic carbocycles. The van der Waals surface area contributed by atoms with Crippen molar-refractivity contribution in [3.63, 3.8) is 0 Å². The van der Waals surface area contributed by atoms with E-state index in [4.69, 9.17) is 4.18 Å². The van der Waals surface area contributed by atoms with Gasteiger partial charge in [0.25, 0.3) is 10.1 Å². The van der Waals surface area contributed by atoms with Gasteiger partial charge in [0.05, 0.1) is 11.0 Å². The van der Waals surface area contributed by atoms with Gasteiger partial charge in [-0.25, -0.2) is 0 Å². The van der Waals surface area contributed by atoms with Crippen molar-refractivity contribution in [3.05, 3.63) is 29.8 Å². The summed E-state index contributed by atoms with van der Waals surface area (Å²) in [5.41, 5.74) is 0.932. The van der Waals surface area contributed by atoms with E-state index in [1.165, 1.54) is 6.42 Å². The summed E-state index contributed by atoms with van der Waals surface area (Å²) in [4.78, 5) is 0.274. The van der Waals surface area contributed by atoms with Crippen LogP contribution < -0.4 is 0 Å². The zero-order valence-electron chi connectivity index (χ0n) is 12.6. The lowest BCUT2D eigenvalue weighted by molar-refractivity contribution is 0.162. The summed E-state index contributed by atoms with van der Waals surface area (Å²) in [5.74, 6) is 0. The van der Waals surface area contributed by atoms with E-state index >= 15 is 0 Å². The zero-order chi connectivity index (χ0) is 14.8. The number of rotatable bonds is 3. The number of hydrogen-bond acceptors (Lipinski definition) is 3. The van der Waals surface area contributed by atoms with Gasteiger partial charge in [0.2, 0.25) is 0 Å². The molecule has 0 N–H and O–H groups in total. The van der Waals surface area contributed by atoms with Gasteiger partial charge in [-0.3, -0.25) is 4.18 Å². The Morgan fingerprint density at radius 3 is 2.35 bits per heavy atom. The second-order valence-corrected chi connectivity index (χ2v) is 8.16. The van der Waals surface area contributed by atoms with E-state index in [-0.39, 0.29) is 16.4 Å². The van der Waals surface area contributed by atoms with Gasteiger partial charge >= 0.3 is 0 Å². The maximum absolute atomic E-state index is 12.4. The van der Waals surface area contributed by atoms with Crippen molar-refractivity contribution in [2.24, 2.45) is 0 Å². The van der Waals surface area contributed by atoms with Crippen LogP contribution in [-0.4, -0.2) is 14.5 Å². The van der Waals surface area contributed by atoms with Gasteiger partial charge in [-0.2, -0.15) is 8.42 Å². The first-order chi connectivity index (χ1) is 9.29. The third-order valence-electron chi connectivity index (χ3n) is 3.80. The van der Waals surface area contributed by atoms with Crippen molar-refractivity contribution < 1.29 is 12.6 Å². The Morgan fingerprint density at radius 2 is 1.75 bits per heavy atom. The van der Waals surface area contributed by atoms with E-state index in [9.17, 15) is 8.42 Å². The van der Waals surface area contributed by atoms with Crippen LogP contribution in [0.4, 0.5) is 0 Å². The summed E-state index contributed by atoms with van der Waals surface area (Å²) in [6, 6.07) is 7.10. The normalized spacial score (nSPS) is 18.1. The summed E-state index contributed by atoms with van der Waals surface area (Å²) < 4.78 is 30.1. The molecule has 0 heterocycles. The topological polar surface area (TPSA) is 43.4 Å². The predicted octanol–water partition coefficient (Wildman–Crippen LogP) is 4.02. The van der Waals surface area contributed by atoms with Gasteiger partial charge in [0, 0.05) is 0 Å². The quantitative estimate of drug-likeness (QED) is 0.791. The van der Waals surface area contributed by atoms with E-state index < -0.39 is 10.1 Å². The van der Waals surface area contributed by atoms with Gasteiger partial charge < -0.3 is 0 Å². The van der Waals surface area contributed by atoms with Gasteiger partial charge in [0.1, 0.15) is 0 Å². The number of hydrogen-bond donors (Lipinski definition) is 0. The molecule has 0 spiro atoms. The van der Waals surface area contributed by atoms with Gasteiger partial charge in [-0.1, -0.05) is 52.2 Å². The van der Waals surface area contributed by atoms with Crippen LogP contribution >= 0.6 is 0 Å². The minimum atomic E-state index is -3.64. The molecule has 0 amide bonds. The first-order valence-electron chi connectivity index (χ1n) is 7.33. The van der Waals surface area contributed by atoms with Crippen LogP contribution in [0.15, 0.2) is 29.2 Å². The van der Waals surface area contributed by atoms with Gasteiger partial charge in [-0.05, 0) is 36.0 Å². The van der Waals surface area contributed by atoms with E-state index in [1.54, 1.807) is 18.2 Å². The Kier molecular flexibility index (Phi) is 4.55. The summed E-state index contributed by atoms with van der Waals surface area (Å²) in [7, 11) is -3.64. The van der Waals surface area contributed by atoms with E-state index in [0.717, 1.165) is 31.2 Å². The molecule has 0 radical (unpaired) electrons. The van der Waals surface area contributed by atoms with Crippen molar-refractivity contribution in [1.82, 2.24) is 0 Å². The summed E-state index contributed by atoms with van der Waals surface area (Å²) >= 11 is 0. The molecule has 1 aromatic rings. The Hall–Kier alpha value is -0.870. The summed E-state index contributed by atoms with van der Waals surface area (Å²) in [5, 5.41) is 0. The predicted molar refractivity (Wildman–Crippen MR) is 80.3 cm³/mol. The Bertz CT molecular complexity index is 549. The highest BCUT2D eigenvalue weighted by Gasteiger charge is 2.24. The lowest BCUT2D eigenvalue weighted by Crippen LogP contribution is -2.21. The molecule has 3 nitrogen and oxygen atoms in total. The molecule has 4 heteroatoms. The molecule has 1 aromatic carbocycles. The molecule has 0 unspecified atom stereocenters. The second-order valence-electron chi connectivity index (χ2n) is 6.59. The average Bonchev–Trinajstić information content (AvgIpc) is 2.38. The monoisotopic (exact) mass is 296 g/mol. The van der Waals surface area contributed by atoms with Gasteiger partial charge in [0.15, 0.2) is 0 Å². The van der Waals surface area contributed by atoms with Crippen LogP contribution in [0.5, 0.6) is 0 Å². The van der Waals surface area contributed by atoms with Crippen LogP contribution in [0.2, 0.25) is 0 Å². The largest absolute Gasteiger partial charge is 0.297 e. The fourth-order valence-corrected chi connectivity index (χ4v) is 3.69. The Morgan fingerprint density at radius 1 is 1.10 bits per heavy atom. The minimum Gasteiger partial charge on any atom is -0.263 e. The fraction of sp³-hybridized carbons (Fsp3) is 0.625. The highest BCUT2D eigenvalue weighted by molar-refractivity contribution is 7.86.